The van der Waals surface area contributed by atoms with E-state index in [0.29, 0.717) is 18.3 Å². The van der Waals surface area contributed by atoms with Crippen LogP contribution in [0.2, 0.25) is 0 Å². The van der Waals surface area contributed by atoms with E-state index >= 15 is 0 Å². The Bertz CT molecular complexity index is 174. The number of hydrogen-bond donors (Lipinski definition) is 1. The molecule has 3 nitrogen and oxygen atoms in total. The van der Waals surface area contributed by atoms with E-state index in [1.165, 1.54) is 0 Å². The molecule has 0 aromatic carbocycles. The van der Waals surface area contributed by atoms with Gasteiger partial charge in [-0.05, 0) is 18.9 Å². The van der Waals surface area contributed by atoms with E-state index in [4.69, 9.17) is 4.74 Å². The van der Waals surface area contributed by atoms with Crippen LogP contribution in [0.5, 0.6) is 0 Å². The largest absolute Gasteiger partial charge is 0.383 e. The normalized spacial score (nSPS) is 15.5. The van der Waals surface area contributed by atoms with Crippen molar-refractivity contribution in [1.82, 2.24) is 5.32 Å². The first-order valence-electron chi connectivity index (χ1n) is 5.67. The molecule has 0 bridgehead atoms. The van der Waals surface area contributed by atoms with Gasteiger partial charge in [-0.3, -0.25) is 4.21 Å². The lowest BCUT2D eigenvalue weighted by atomic mass is 10.3. The van der Waals surface area contributed by atoms with E-state index in [9.17, 15) is 4.21 Å². The van der Waals surface area contributed by atoms with Crippen molar-refractivity contribution in [3.05, 3.63) is 0 Å². The smallest absolute Gasteiger partial charge is 0.0624 e. The Morgan fingerprint density at radius 1 is 1.33 bits per heavy atom. The predicted molar refractivity (Wildman–Crippen MR) is 66.7 cm³/mol. The number of methoxy groups -OCH3 is 1. The summed E-state index contributed by atoms with van der Waals surface area (Å²) < 4.78 is 16.8. The molecule has 2 unspecified atom stereocenters. The number of nitrogens with one attached hydrogen (secondary N) is 1. The third-order valence-corrected chi connectivity index (χ3v) is 3.77. The highest BCUT2D eigenvalue weighted by atomic mass is 32.2. The molecular weight excluding hydrogens is 210 g/mol. The maximum atomic E-state index is 11.7. The maximum absolute atomic E-state index is 11.7. The summed E-state index contributed by atoms with van der Waals surface area (Å²) in [5.41, 5.74) is 0. The zero-order valence-corrected chi connectivity index (χ0v) is 11.2. The molecular formula is C11H25NO2S. The molecule has 0 saturated carbocycles. The summed E-state index contributed by atoms with van der Waals surface area (Å²) in [6.45, 7) is 7.93. The fourth-order valence-electron chi connectivity index (χ4n) is 1.38. The Balaban J connectivity index is 3.86. The summed E-state index contributed by atoms with van der Waals surface area (Å²) in [6.07, 6.45) is 1.09. The zero-order chi connectivity index (χ0) is 11.7. The first-order chi connectivity index (χ1) is 7.10. The lowest BCUT2D eigenvalue weighted by molar-refractivity contribution is 0.173. The van der Waals surface area contributed by atoms with Crippen LogP contribution < -0.4 is 5.32 Å². The van der Waals surface area contributed by atoms with E-state index in [0.717, 1.165) is 18.7 Å². The molecule has 1 N–H and O–H groups in total. The van der Waals surface area contributed by atoms with Crippen LogP contribution in [0.4, 0.5) is 0 Å². The lowest BCUT2D eigenvalue weighted by Crippen LogP contribution is -2.39. The minimum absolute atomic E-state index is 0.231. The first-order valence-corrected chi connectivity index (χ1v) is 7.16. The highest BCUT2D eigenvalue weighted by Gasteiger charge is 2.12. The molecule has 0 aromatic heterocycles. The number of rotatable bonds is 9. The van der Waals surface area contributed by atoms with Crippen LogP contribution in [0, 0.1) is 5.92 Å². The Kier molecular flexibility index (Phi) is 9.35. The van der Waals surface area contributed by atoms with Gasteiger partial charge in [0.15, 0.2) is 0 Å². The highest BCUT2D eigenvalue weighted by Crippen LogP contribution is 1.99. The molecule has 0 aromatic rings. The standard InChI is InChI=1S/C11H25NO2S/c1-5-6-12-11(7-14-4)9-15(13)8-10(2)3/h10-12H,5-9H2,1-4H3. The summed E-state index contributed by atoms with van der Waals surface area (Å²) in [5, 5.41) is 3.36. The van der Waals surface area contributed by atoms with Crippen molar-refractivity contribution in [3.63, 3.8) is 0 Å². The Hall–Kier alpha value is 0.0700. The molecule has 15 heavy (non-hydrogen) atoms. The van der Waals surface area contributed by atoms with Crippen LogP contribution in [0.3, 0.4) is 0 Å². The van der Waals surface area contributed by atoms with Gasteiger partial charge in [-0.1, -0.05) is 20.8 Å². The van der Waals surface area contributed by atoms with E-state index in [2.05, 4.69) is 26.1 Å². The van der Waals surface area contributed by atoms with Gasteiger partial charge in [0.1, 0.15) is 0 Å². The van der Waals surface area contributed by atoms with Crippen molar-refractivity contribution in [2.75, 3.05) is 31.8 Å². The Morgan fingerprint density at radius 3 is 2.47 bits per heavy atom. The molecule has 0 fully saturated rings. The summed E-state index contributed by atoms with van der Waals surface area (Å²) in [6, 6.07) is 0.231. The molecule has 0 rings (SSSR count). The fourth-order valence-corrected chi connectivity index (χ4v) is 2.92. The van der Waals surface area contributed by atoms with Gasteiger partial charge in [0.25, 0.3) is 0 Å². The van der Waals surface area contributed by atoms with E-state index in [1.807, 2.05) is 0 Å². The average molecular weight is 235 g/mol. The van der Waals surface area contributed by atoms with Gasteiger partial charge in [0.05, 0.1) is 6.61 Å². The topological polar surface area (TPSA) is 38.3 Å². The van der Waals surface area contributed by atoms with Crippen molar-refractivity contribution in [3.8, 4) is 0 Å². The molecule has 0 radical (unpaired) electrons. The number of hydrogen-bond acceptors (Lipinski definition) is 3. The van der Waals surface area contributed by atoms with Crippen LogP contribution in [-0.4, -0.2) is 42.0 Å². The summed E-state index contributed by atoms with van der Waals surface area (Å²) in [7, 11) is 0.959. The second kappa shape index (κ2) is 9.31. The van der Waals surface area contributed by atoms with Crippen LogP contribution in [0.25, 0.3) is 0 Å². The van der Waals surface area contributed by atoms with Gasteiger partial charge >= 0.3 is 0 Å². The molecule has 0 aliphatic rings. The maximum Gasteiger partial charge on any atom is 0.0624 e. The summed E-state index contributed by atoms with van der Waals surface area (Å²) in [5.74, 6) is 1.99. The van der Waals surface area contributed by atoms with Crippen molar-refractivity contribution in [1.29, 1.82) is 0 Å². The second-order valence-electron chi connectivity index (χ2n) is 4.27. The monoisotopic (exact) mass is 235 g/mol. The quantitative estimate of drug-likeness (QED) is 0.656. The molecule has 0 heterocycles. The van der Waals surface area contributed by atoms with Crippen LogP contribution in [0.1, 0.15) is 27.2 Å². The predicted octanol–water partition coefficient (Wildman–Crippen LogP) is 1.41. The van der Waals surface area contributed by atoms with E-state index in [-0.39, 0.29) is 6.04 Å². The van der Waals surface area contributed by atoms with Crippen molar-refractivity contribution < 1.29 is 8.95 Å². The fraction of sp³-hybridized carbons (Fsp3) is 1.00. The SMILES string of the molecule is CCCNC(COC)CS(=O)CC(C)C. The minimum atomic E-state index is -0.728. The molecule has 2 atom stereocenters. The van der Waals surface area contributed by atoms with Crippen molar-refractivity contribution >= 4 is 10.8 Å². The molecule has 0 aliphatic heterocycles. The molecule has 0 aliphatic carbocycles. The zero-order valence-electron chi connectivity index (χ0n) is 10.4. The average Bonchev–Trinajstić information content (AvgIpc) is 2.13. The van der Waals surface area contributed by atoms with E-state index in [1.54, 1.807) is 7.11 Å². The molecule has 0 amide bonds. The molecule has 4 heteroatoms. The second-order valence-corrected chi connectivity index (χ2v) is 5.82. The van der Waals surface area contributed by atoms with Gasteiger partial charge in [0.2, 0.25) is 0 Å². The van der Waals surface area contributed by atoms with Crippen LogP contribution in [-0.2, 0) is 15.5 Å². The van der Waals surface area contributed by atoms with Crippen molar-refractivity contribution in [2.24, 2.45) is 5.92 Å². The van der Waals surface area contributed by atoms with E-state index < -0.39 is 10.8 Å². The van der Waals surface area contributed by atoms with Gasteiger partial charge < -0.3 is 10.1 Å². The molecule has 92 valence electrons. The lowest BCUT2D eigenvalue weighted by Gasteiger charge is -2.17. The summed E-state index contributed by atoms with van der Waals surface area (Å²) in [4.78, 5) is 0. The van der Waals surface area contributed by atoms with Crippen LogP contribution in [0.15, 0.2) is 0 Å². The van der Waals surface area contributed by atoms with Crippen LogP contribution >= 0.6 is 0 Å². The summed E-state index contributed by atoms with van der Waals surface area (Å²) >= 11 is 0. The van der Waals surface area contributed by atoms with Gasteiger partial charge in [-0.25, -0.2) is 0 Å². The first kappa shape index (κ1) is 15.1. The minimum Gasteiger partial charge on any atom is -0.383 e. The number of ether oxygens (including phenoxy) is 1. The van der Waals surface area contributed by atoms with Gasteiger partial charge in [0, 0.05) is 35.5 Å². The molecule has 0 saturated heterocycles. The third-order valence-electron chi connectivity index (χ3n) is 1.96. The highest BCUT2D eigenvalue weighted by molar-refractivity contribution is 7.85. The van der Waals surface area contributed by atoms with Gasteiger partial charge in [-0.15, -0.1) is 0 Å². The van der Waals surface area contributed by atoms with Crippen molar-refractivity contribution in [2.45, 2.75) is 33.2 Å². The Labute approximate surface area is 96.4 Å². The third kappa shape index (κ3) is 9.03. The Morgan fingerprint density at radius 2 is 2.00 bits per heavy atom. The van der Waals surface area contributed by atoms with Gasteiger partial charge in [-0.2, -0.15) is 0 Å². The molecule has 0 spiro atoms.